The minimum Gasteiger partial charge on any atom is -0.478 e. The van der Waals surface area contributed by atoms with E-state index in [-0.39, 0.29) is 20.4 Å². The Bertz CT molecular complexity index is 1030. The van der Waals surface area contributed by atoms with Crippen molar-refractivity contribution in [3.05, 3.63) is 35.2 Å². The monoisotopic (exact) mass is 419 g/mol. The first-order valence-corrected chi connectivity index (χ1v) is 11.2. The number of carboxylic acid groups (broad SMARTS) is 1. The van der Waals surface area contributed by atoms with Crippen LogP contribution in [0.15, 0.2) is 38.8 Å². The Morgan fingerprint density at radius 2 is 1.88 bits per heavy atom. The van der Waals surface area contributed by atoms with Crippen molar-refractivity contribution in [1.29, 1.82) is 0 Å². The summed E-state index contributed by atoms with van der Waals surface area (Å²) in [5, 5.41) is 18.2. The summed E-state index contributed by atoms with van der Waals surface area (Å²) in [7, 11) is -8.13. The fraction of sp³-hybridized carbons (Fsp3) is 0.214. The molecule has 1 heterocycles. The van der Waals surface area contributed by atoms with Crippen molar-refractivity contribution in [1.82, 2.24) is 0 Å². The highest BCUT2D eigenvalue weighted by Gasteiger charge is 2.21. The Morgan fingerprint density at radius 3 is 2.42 bits per heavy atom. The van der Waals surface area contributed by atoms with Crippen molar-refractivity contribution in [3.63, 3.8) is 0 Å². The molecule has 9 nitrogen and oxygen atoms in total. The van der Waals surface area contributed by atoms with Crippen LogP contribution in [0.4, 0.5) is 11.4 Å². The molecule has 0 fully saturated rings. The van der Waals surface area contributed by atoms with Crippen LogP contribution in [0.25, 0.3) is 0 Å². The number of hydrogen-bond acceptors (Lipinski definition) is 7. The number of nitrogens with one attached hydrogen (secondary N) is 2. The van der Waals surface area contributed by atoms with Gasteiger partial charge in [0.05, 0.1) is 21.8 Å². The number of carbonyl (C=O) groups is 1. The Morgan fingerprint density at radius 1 is 1.19 bits per heavy atom. The van der Waals surface area contributed by atoms with Gasteiger partial charge in [0.25, 0.3) is 10.0 Å². The van der Waals surface area contributed by atoms with Crippen LogP contribution in [-0.2, 0) is 20.0 Å². The molecule has 0 amide bonds. The van der Waals surface area contributed by atoms with E-state index < -0.39 is 26.0 Å². The van der Waals surface area contributed by atoms with Gasteiger partial charge in [-0.25, -0.2) is 26.8 Å². The second-order valence-electron chi connectivity index (χ2n) is 5.24. The van der Waals surface area contributed by atoms with Gasteiger partial charge in [0.2, 0.25) is 10.0 Å². The van der Waals surface area contributed by atoms with Crippen LogP contribution in [0.1, 0.15) is 23.7 Å². The molecule has 26 heavy (non-hydrogen) atoms. The summed E-state index contributed by atoms with van der Waals surface area (Å²) in [6.45, 7) is 2.44. The molecule has 5 N–H and O–H groups in total. The lowest BCUT2D eigenvalue weighted by Crippen LogP contribution is -2.16. The van der Waals surface area contributed by atoms with Crippen LogP contribution in [0.2, 0.25) is 0 Å². The van der Waals surface area contributed by atoms with E-state index in [1.807, 2.05) is 6.92 Å². The molecule has 0 aliphatic carbocycles. The third kappa shape index (κ3) is 4.72. The first kappa shape index (κ1) is 20.2. The van der Waals surface area contributed by atoms with Crippen molar-refractivity contribution in [2.45, 2.75) is 22.4 Å². The second-order valence-corrected chi connectivity index (χ2v) is 9.63. The molecule has 0 radical (unpaired) electrons. The van der Waals surface area contributed by atoms with Gasteiger partial charge < -0.3 is 10.4 Å². The summed E-state index contributed by atoms with van der Waals surface area (Å²) in [6, 6.07) is 4.80. The Labute approximate surface area is 155 Å². The lowest BCUT2D eigenvalue weighted by Gasteiger charge is -2.14. The fourth-order valence-electron chi connectivity index (χ4n) is 1.96. The highest BCUT2D eigenvalue weighted by molar-refractivity contribution is 7.94. The van der Waals surface area contributed by atoms with Crippen molar-refractivity contribution >= 4 is 48.7 Å². The van der Waals surface area contributed by atoms with Gasteiger partial charge in [-0.1, -0.05) is 6.92 Å². The maximum Gasteiger partial charge on any atom is 0.336 e. The smallest absolute Gasteiger partial charge is 0.336 e. The van der Waals surface area contributed by atoms with Crippen molar-refractivity contribution in [2.24, 2.45) is 5.14 Å². The Hall–Kier alpha value is -2.15. The highest BCUT2D eigenvalue weighted by Crippen LogP contribution is 2.29. The van der Waals surface area contributed by atoms with Gasteiger partial charge >= 0.3 is 5.97 Å². The second kappa shape index (κ2) is 7.61. The fourth-order valence-corrected chi connectivity index (χ4v) is 4.73. The number of aromatic carboxylic acids is 1. The molecule has 12 heteroatoms. The van der Waals surface area contributed by atoms with E-state index in [2.05, 4.69) is 10.0 Å². The molecule has 2 rings (SSSR count). The average molecular weight is 420 g/mol. The molecule has 0 saturated heterocycles. The summed E-state index contributed by atoms with van der Waals surface area (Å²) < 4.78 is 50.2. The molecule has 0 atom stereocenters. The van der Waals surface area contributed by atoms with Crippen LogP contribution < -0.4 is 15.2 Å². The van der Waals surface area contributed by atoms with Crippen molar-refractivity contribution in [2.75, 3.05) is 16.6 Å². The third-order valence-electron chi connectivity index (χ3n) is 3.22. The van der Waals surface area contributed by atoms with Crippen LogP contribution in [0, 0.1) is 0 Å². The zero-order valence-corrected chi connectivity index (χ0v) is 16.0. The van der Waals surface area contributed by atoms with Crippen molar-refractivity contribution in [3.8, 4) is 0 Å². The van der Waals surface area contributed by atoms with Crippen LogP contribution >= 0.6 is 11.3 Å². The molecule has 0 spiro atoms. The summed E-state index contributed by atoms with van der Waals surface area (Å²) in [5.41, 5.74) is 0.214. The van der Waals surface area contributed by atoms with Gasteiger partial charge in [0.15, 0.2) is 0 Å². The third-order valence-corrected chi connectivity index (χ3v) is 6.93. The molecule has 1 aromatic carbocycles. The zero-order chi connectivity index (χ0) is 19.5. The normalized spacial score (nSPS) is 11.9. The summed E-state index contributed by atoms with van der Waals surface area (Å²) >= 11 is 0.743. The Kier molecular flexibility index (Phi) is 5.91. The number of benzene rings is 1. The molecule has 0 aliphatic heterocycles. The average Bonchev–Trinajstić information content (AvgIpc) is 3.03. The zero-order valence-electron chi connectivity index (χ0n) is 13.6. The molecule has 0 bridgehead atoms. The number of primary sulfonamides is 1. The number of anilines is 2. The Balaban J connectivity index is 2.45. The minimum absolute atomic E-state index is 0.00440. The molecule has 2 aromatic rings. The molecule has 142 valence electrons. The molecular weight excluding hydrogens is 402 g/mol. The van der Waals surface area contributed by atoms with Gasteiger partial charge in [0, 0.05) is 11.9 Å². The molecular formula is C14H17N3O6S3. The van der Waals surface area contributed by atoms with Gasteiger partial charge in [-0.3, -0.25) is 4.72 Å². The number of rotatable bonds is 8. The van der Waals surface area contributed by atoms with Crippen molar-refractivity contribution < 1.29 is 26.7 Å². The molecule has 1 aromatic heterocycles. The predicted molar refractivity (Wildman–Crippen MR) is 98.7 cm³/mol. The quantitative estimate of drug-likeness (QED) is 0.507. The van der Waals surface area contributed by atoms with Crippen LogP contribution in [-0.4, -0.2) is 34.5 Å². The number of sulfonamides is 2. The van der Waals surface area contributed by atoms with Gasteiger partial charge in [0.1, 0.15) is 4.21 Å². The van der Waals surface area contributed by atoms with E-state index in [4.69, 9.17) is 10.2 Å². The highest BCUT2D eigenvalue weighted by atomic mass is 32.2. The van der Waals surface area contributed by atoms with Gasteiger partial charge in [-0.2, -0.15) is 0 Å². The maximum atomic E-state index is 12.5. The van der Waals surface area contributed by atoms with E-state index in [1.54, 1.807) is 0 Å². The first-order chi connectivity index (χ1) is 12.0. The molecule has 0 unspecified atom stereocenters. The van der Waals surface area contributed by atoms with Crippen LogP contribution in [0.5, 0.6) is 0 Å². The number of hydrogen-bond donors (Lipinski definition) is 4. The summed E-state index contributed by atoms with van der Waals surface area (Å²) in [6.07, 6.45) is 0.760. The van der Waals surface area contributed by atoms with Gasteiger partial charge in [-0.05, 0) is 30.7 Å². The number of nitrogens with two attached hydrogens (primary N) is 1. The first-order valence-electron chi connectivity index (χ1n) is 7.30. The largest absolute Gasteiger partial charge is 0.478 e. The van der Waals surface area contributed by atoms with E-state index in [0.29, 0.717) is 12.2 Å². The maximum absolute atomic E-state index is 12.5. The molecule has 0 aliphatic rings. The van der Waals surface area contributed by atoms with Gasteiger partial charge in [-0.15, -0.1) is 11.3 Å². The number of thiophene rings is 1. The summed E-state index contributed by atoms with van der Waals surface area (Å²) in [4.78, 5) is 10.7. The van der Waals surface area contributed by atoms with E-state index in [9.17, 15) is 21.6 Å². The number of carboxylic acids is 1. The standard InChI is InChI=1S/C14H17N3O6S3/c1-2-5-16-11-4-3-10(25(15,20)21)7-12(11)17-26(22,23)13-6-9(8-24-13)14(18)19/h3-4,6-8,16-17H,2,5H2,1H3,(H,18,19)(H2,15,20,21). The summed E-state index contributed by atoms with van der Waals surface area (Å²) in [5.74, 6) is -1.25. The lowest BCUT2D eigenvalue weighted by molar-refractivity contribution is 0.0697. The minimum atomic E-state index is -4.11. The van der Waals surface area contributed by atoms with E-state index >= 15 is 0 Å². The topological polar surface area (TPSA) is 156 Å². The predicted octanol–water partition coefficient (Wildman–Crippen LogP) is 1.72. The SMILES string of the molecule is CCCNc1ccc(S(N)(=O)=O)cc1NS(=O)(=O)c1cc(C(=O)O)cs1. The van der Waals surface area contributed by atoms with Crippen LogP contribution in [0.3, 0.4) is 0 Å². The van der Waals surface area contributed by atoms with E-state index in [1.165, 1.54) is 17.5 Å². The molecule has 0 saturated carbocycles. The lowest BCUT2D eigenvalue weighted by atomic mass is 10.2. The van der Waals surface area contributed by atoms with E-state index in [0.717, 1.165) is 29.9 Å².